The topological polar surface area (TPSA) is 37.2 Å². The lowest BCUT2D eigenvalue weighted by molar-refractivity contribution is 0.169. The molecule has 2 N–H and O–H groups in total. The van der Waals surface area contributed by atoms with Crippen LogP contribution in [0.1, 0.15) is 11.1 Å². The molecule has 0 aliphatic rings. The molecule has 144 valence electrons. The minimum atomic E-state index is -0.489. The highest BCUT2D eigenvalue weighted by Crippen LogP contribution is 2.31. The third kappa shape index (κ3) is 3.89. The van der Waals surface area contributed by atoms with E-state index in [9.17, 15) is 5.11 Å². The Morgan fingerprint density at radius 1 is 0.929 bits per heavy atom. The van der Waals surface area contributed by atoms with Crippen LogP contribution in [-0.2, 0) is 6.54 Å². The van der Waals surface area contributed by atoms with Crippen LogP contribution in [0.5, 0.6) is 0 Å². The van der Waals surface area contributed by atoms with Crippen LogP contribution in [0.2, 0.25) is 0 Å². The summed E-state index contributed by atoms with van der Waals surface area (Å²) in [6, 6.07) is 19.3. The SMILES string of the molecule is Cc1cccc(NC[C@@H](O)Cn2c3ccc(I)cc3c3cc(I)ccc32)c1C. The predicted molar refractivity (Wildman–Crippen MR) is 135 cm³/mol. The molecule has 0 saturated carbocycles. The van der Waals surface area contributed by atoms with Crippen molar-refractivity contribution in [3.63, 3.8) is 0 Å². The number of benzene rings is 3. The number of aryl methyl sites for hydroxylation is 1. The molecule has 0 spiro atoms. The van der Waals surface area contributed by atoms with Crippen molar-refractivity contribution in [3.05, 3.63) is 72.9 Å². The number of hydrogen-bond donors (Lipinski definition) is 2. The zero-order valence-corrected chi connectivity index (χ0v) is 20.2. The van der Waals surface area contributed by atoms with Crippen LogP contribution in [0.3, 0.4) is 0 Å². The Morgan fingerprint density at radius 2 is 1.54 bits per heavy atom. The van der Waals surface area contributed by atoms with Crippen LogP contribution in [0, 0.1) is 21.0 Å². The number of nitrogens with zero attached hydrogens (tertiary/aromatic N) is 1. The molecule has 0 amide bonds. The molecular weight excluding hydrogens is 574 g/mol. The smallest absolute Gasteiger partial charge is 0.0891 e. The maximum atomic E-state index is 10.8. The van der Waals surface area contributed by atoms with Crippen LogP contribution >= 0.6 is 45.2 Å². The van der Waals surface area contributed by atoms with Crippen molar-refractivity contribution in [2.75, 3.05) is 11.9 Å². The number of hydrogen-bond acceptors (Lipinski definition) is 2. The summed E-state index contributed by atoms with van der Waals surface area (Å²) in [5.41, 5.74) is 5.92. The second-order valence-corrected chi connectivity index (χ2v) is 9.71. The fraction of sp³-hybridized carbons (Fsp3) is 0.217. The summed E-state index contributed by atoms with van der Waals surface area (Å²) >= 11 is 4.72. The van der Waals surface area contributed by atoms with Crippen LogP contribution in [0.25, 0.3) is 21.8 Å². The highest BCUT2D eigenvalue weighted by Gasteiger charge is 2.15. The van der Waals surface area contributed by atoms with E-state index in [1.165, 1.54) is 40.1 Å². The van der Waals surface area contributed by atoms with Crippen LogP contribution < -0.4 is 5.32 Å². The first-order valence-corrected chi connectivity index (χ1v) is 11.4. The van der Waals surface area contributed by atoms with E-state index >= 15 is 0 Å². The molecule has 1 aromatic heterocycles. The van der Waals surface area contributed by atoms with Gasteiger partial charge in [-0.3, -0.25) is 0 Å². The number of aliphatic hydroxyl groups is 1. The number of fused-ring (bicyclic) bond motifs is 3. The van der Waals surface area contributed by atoms with Gasteiger partial charge in [0.25, 0.3) is 0 Å². The van der Waals surface area contributed by atoms with E-state index in [1.807, 2.05) is 6.07 Å². The third-order valence-electron chi connectivity index (χ3n) is 5.32. The molecule has 5 heteroatoms. The number of aromatic nitrogens is 1. The minimum absolute atomic E-state index is 0.489. The first-order chi connectivity index (χ1) is 13.4. The fourth-order valence-electron chi connectivity index (χ4n) is 3.69. The lowest BCUT2D eigenvalue weighted by atomic mass is 10.1. The average Bonchev–Trinajstić information content (AvgIpc) is 2.95. The van der Waals surface area contributed by atoms with Gasteiger partial charge in [0.05, 0.1) is 12.6 Å². The van der Waals surface area contributed by atoms with Crippen molar-refractivity contribution >= 4 is 72.7 Å². The zero-order valence-electron chi connectivity index (χ0n) is 15.8. The summed E-state index contributed by atoms with van der Waals surface area (Å²) < 4.78 is 4.69. The Balaban J connectivity index is 1.64. The first-order valence-electron chi connectivity index (χ1n) is 9.29. The van der Waals surface area contributed by atoms with E-state index in [0.717, 1.165) is 5.69 Å². The van der Waals surface area contributed by atoms with Gasteiger partial charge >= 0.3 is 0 Å². The van der Waals surface area contributed by atoms with Crippen molar-refractivity contribution < 1.29 is 5.11 Å². The molecule has 0 unspecified atom stereocenters. The molecule has 3 aromatic carbocycles. The fourth-order valence-corrected chi connectivity index (χ4v) is 4.67. The quantitative estimate of drug-likeness (QED) is 0.274. The van der Waals surface area contributed by atoms with Gasteiger partial charge in [0, 0.05) is 41.2 Å². The molecule has 1 heterocycles. The van der Waals surface area contributed by atoms with Crippen molar-refractivity contribution in [2.24, 2.45) is 0 Å². The van der Waals surface area contributed by atoms with Crippen molar-refractivity contribution in [3.8, 4) is 0 Å². The molecule has 4 rings (SSSR count). The molecule has 0 radical (unpaired) electrons. The Labute approximate surface area is 192 Å². The van der Waals surface area contributed by atoms with Crippen molar-refractivity contribution in [1.82, 2.24) is 4.57 Å². The second kappa shape index (κ2) is 8.20. The normalized spacial score (nSPS) is 12.6. The molecule has 0 aliphatic heterocycles. The van der Waals surface area contributed by atoms with E-state index < -0.39 is 6.10 Å². The van der Waals surface area contributed by atoms with E-state index in [4.69, 9.17) is 0 Å². The van der Waals surface area contributed by atoms with Crippen LogP contribution in [0.15, 0.2) is 54.6 Å². The molecule has 0 saturated heterocycles. The van der Waals surface area contributed by atoms with E-state index in [1.54, 1.807) is 0 Å². The third-order valence-corrected chi connectivity index (χ3v) is 6.66. The predicted octanol–water partition coefficient (Wildman–Crippen LogP) is 6.09. The Morgan fingerprint density at radius 3 is 2.14 bits per heavy atom. The lowest BCUT2D eigenvalue weighted by Crippen LogP contribution is -2.25. The Kier molecular flexibility index (Phi) is 5.85. The number of halogens is 2. The van der Waals surface area contributed by atoms with Gasteiger partial charge in [-0.1, -0.05) is 12.1 Å². The second-order valence-electron chi connectivity index (χ2n) is 7.22. The first kappa shape index (κ1) is 20.0. The maximum Gasteiger partial charge on any atom is 0.0891 e. The maximum absolute atomic E-state index is 10.8. The summed E-state index contributed by atoms with van der Waals surface area (Å²) in [7, 11) is 0. The minimum Gasteiger partial charge on any atom is -0.389 e. The summed E-state index contributed by atoms with van der Waals surface area (Å²) in [4.78, 5) is 0. The van der Waals surface area contributed by atoms with Crippen LogP contribution in [-0.4, -0.2) is 22.3 Å². The summed E-state index contributed by atoms with van der Waals surface area (Å²) in [6.07, 6.45) is -0.489. The summed E-state index contributed by atoms with van der Waals surface area (Å²) in [6.45, 7) is 5.29. The molecule has 1 atom stereocenters. The van der Waals surface area contributed by atoms with E-state index in [-0.39, 0.29) is 0 Å². The van der Waals surface area contributed by atoms with Crippen molar-refractivity contribution in [1.29, 1.82) is 0 Å². The molecule has 0 fully saturated rings. The molecule has 3 nitrogen and oxygen atoms in total. The lowest BCUT2D eigenvalue weighted by Gasteiger charge is -2.17. The van der Waals surface area contributed by atoms with Gasteiger partial charge in [0.15, 0.2) is 0 Å². The van der Waals surface area contributed by atoms with Crippen LogP contribution in [0.4, 0.5) is 5.69 Å². The van der Waals surface area contributed by atoms with E-state index in [0.29, 0.717) is 13.1 Å². The number of nitrogens with one attached hydrogen (secondary N) is 1. The molecule has 0 aliphatic carbocycles. The standard InChI is InChI=1S/C23H22I2N2O/c1-14-4-3-5-21(15(14)2)26-12-18(28)13-27-22-8-6-16(24)10-19(22)20-11-17(25)7-9-23(20)27/h3-11,18,26,28H,12-13H2,1-2H3/t18-/m1/s1. The van der Waals surface area contributed by atoms with Gasteiger partial charge in [-0.2, -0.15) is 0 Å². The monoisotopic (exact) mass is 596 g/mol. The molecule has 28 heavy (non-hydrogen) atoms. The summed E-state index contributed by atoms with van der Waals surface area (Å²) in [5.74, 6) is 0. The molecular formula is C23H22I2N2O. The highest BCUT2D eigenvalue weighted by atomic mass is 127. The number of anilines is 1. The van der Waals surface area contributed by atoms with E-state index in [2.05, 4.69) is 117 Å². The van der Waals surface area contributed by atoms with Gasteiger partial charge in [-0.25, -0.2) is 0 Å². The van der Waals surface area contributed by atoms with Gasteiger partial charge in [0.1, 0.15) is 0 Å². The zero-order chi connectivity index (χ0) is 19.8. The van der Waals surface area contributed by atoms with Gasteiger partial charge in [-0.05, 0) is 113 Å². The van der Waals surface area contributed by atoms with Gasteiger partial charge in [-0.15, -0.1) is 0 Å². The Bertz CT molecular complexity index is 1110. The highest BCUT2D eigenvalue weighted by molar-refractivity contribution is 14.1. The van der Waals surface area contributed by atoms with Crippen molar-refractivity contribution in [2.45, 2.75) is 26.5 Å². The van der Waals surface area contributed by atoms with Gasteiger partial charge in [0.2, 0.25) is 0 Å². The number of aliphatic hydroxyl groups excluding tert-OH is 1. The number of rotatable bonds is 5. The Hall–Kier alpha value is -1.32. The largest absolute Gasteiger partial charge is 0.389 e. The molecule has 0 bridgehead atoms. The molecule has 4 aromatic rings. The average molecular weight is 596 g/mol. The van der Waals surface area contributed by atoms with Gasteiger partial charge < -0.3 is 15.0 Å². The summed E-state index contributed by atoms with van der Waals surface area (Å²) in [5, 5.41) is 16.7.